The monoisotopic (exact) mass is 480 g/mol. The summed E-state index contributed by atoms with van der Waals surface area (Å²) in [5.74, 6) is 1.20. The fourth-order valence-corrected chi connectivity index (χ4v) is 3.25. The van der Waals surface area contributed by atoms with Crippen molar-refractivity contribution in [1.29, 1.82) is 0 Å². The molecular weight excluding hydrogens is 467 g/mol. The van der Waals surface area contributed by atoms with Crippen LogP contribution in [0.4, 0.5) is 0 Å². The zero-order valence-electron chi connectivity index (χ0n) is 14.7. The molecule has 28 heavy (non-hydrogen) atoms. The Kier molecular flexibility index (Phi) is 6.83. The molecule has 0 bridgehead atoms. The number of hydrogen-bond donors (Lipinski definition) is 0. The highest BCUT2D eigenvalue weighted by atomic mass is 79.9. The first-order valence-electron chi connectivity index (χ1n) is 8.19. The van der Waals surface area contributed by atoms with E-state index in [2.05, 4.69) is 15.9 Å². The van der Waals surface area contributed by atoms with Gasteiger partial charge in [-0.15, -0.1) is 0 Å². The Bertz CT molecular complexity index is 1030. The summed E-state index contributed by atoms with van der Waals surface area (Å²) in [6.07, 6.45) is 2.97. The molecule has 7 heteroatoms. The molecule has 0 saturated heterocycles. The summed E-state index contributed by atoms with van der Waals surface area (Å²) in [6, 6.07) is 14.3. The first-order valence-corrected chi connectivity index (χ1v) is 9.74. The summed E-state index contributed by atoms with van der Waals surface area (Å²) in [6.45, 7) is -0.00300. The predicted octanol–water partition coefficient (Wildman–Crippen LogP) is 6.78. The number of ether oxygens (including phenoxy) is 2. The molecular formula is C21H15BrCl2O4. The van der Waals surface area contributed by atoms with Crippen molar-refractivity contribution in [3.63, 3.8) is 0 Å². The molecule has 2 aromatic carbocycles. The third-order valence-corrected chi connectivity index (χ3v) is 5.14. The maximum atomic E-state index is 12.0. The Hall–Kier alpha value is -2.21. The first-order chi connectivity index (χ1) is 13.5. The minimum Gasteiger partial charge on any atom is -0.496 e. The minimum atomic E-state index is -0.499. The van der Waals surface area contributed by atoms with E-state index in [-0.39, 0.29) is 6.61 Å². The number of carbonyl (C=O) groups excluding carboxylic acids is 1. The van der Waals surface area contributed by atoms with Gasteiger partial charge in [0.15, 0.2) is 0 Å². The molecule has 0 fully saturated rings. The van der Waals surface area contributed by atoms with Crippen LogP contribution < -0.4 is 4.74 Å². The second-order valence-corrected chi connectivity index (χ2v) is 7.40. The summed E-state index contributed by atoms with van der Waals surface area (Å²) in [4.78, 5) is 12.0. The van der Waals surface area contributed by atoms with Crippen LogP contribution in [-0.2, 0) is 16.1 Å². The molecule has 0 aliphatic heterocycles. The van der Waals surface area contributed by atoms with Crippen molar-refractivity contribution in [2.75, 3.05) is 7.11 Å². The highest BCUT2D eigenvalue weighted by Crippen LogP contribution is 2.34. The molecule has 144 valence electrons. The van der Waals surface area contributed by atoms with Crippen LogP contribution in [0.1, 0.15) is 11.3 Å². The normalized spacial score (nSPS) is 11.0. The lowest BCUT2D eigenvalue weighted by molar-refractivity contribution is -0.139. The molecule has 0 spiro atoms. The minimum absolute atomic E-state index is 0.00300. The molecule has 1 aromatic heterocycles. The number of carbonyl (C=O) groups is 1. The van der Waals surface area contributed by atoms with Crippen molar-refractivity contribution < 1.29 is 18.7 Å². The topological polar surface area (TPSA) is 48.7 Å². The summed E-state index contributed by atoms with van der Waals surface area (Å²) in [7, 11) is 1.57. The Morgan fingerprint density at radius 1 is 1.18 bits per heavy atom. The van der Waals surface area contributed by atoms with Gasteiger partial charge in [0.05, 0.1) is 17.2 Å². The predicted molar refractivity (Wildman–Crippen MR) is 114 cm³/mol. The molecule has 0 aliphatic rings. The molecule has 0 amide bonds. The lowest BCUT2D eigenvalue weighted by Crippen LogP contribution is -2.00. The average molecular weight is 482 g/mol. The second kappa shape index (κ2) is 9.32. The van der Waals surface area contributed by atoms with Gasteiger partial charge in [-0.05, 0) is 48.5 Å². The molecule has 3 rings (SSSR count). The molecule has 0 unspecified atom stereocenters. The highest BCUT2D eigenvalue weighted by Gasteiger charge is 2.12. The lowest BCUT2D eigenvalue weighted by Gasteiger charge is -2.05. The number of rotatable bonds is 6. The standard InChI is InChI=1S/C21H15BrCl2O4/c1-26-18-8-6-14(22)11-13(18)5-10-20(25)27-12-15-7-9-19(28-15)16-3-2-4-17(23)21(16)24/h2-11H,12H2,1H3. The van der Waals surface area contributed by atoms with Gasteiger partial charge in [0.1, 0.15) is 23.9 Å². The number of halogens is 3. The van der Waals surface area contributed by atoms with Gasteiger partial charge in [0.25, 0.3) is 0 Å². The molecule has 3 aromatic rings. The quantitative estimate of drug-likeness (QED) is 0.287. The Labute approximate surface area is 180 Å². The van der Waals surface area contributed by atoms with Gasteiger partial charge in [-0.3, -0.25) is 0 Å². The van der Waals surface area contributed by atoms with Gasteiger partial charge in [-0.2, -0.15) is 0 Å². The highest BCUT2D eigenvalue weighted by molar-refractivity contribution is 9.10. The second-order valence-electron chi connectivity index (χ2n) is 5.69. The fraction of sp³-hybridized carbons (Fsp3) is 0.0952. The van der Waals surface area contributed by atoms with Gasteiger partial charge in [0, 0.05) is 21.7 Å². The van der Waals surface area contributed by atoms with Crippen LogP contribution in [0.25, 0.3) is 17.4 Å². The molecule has 0 radical (unpaired) electrons. The van der Waals surface area contributed by atoms with Crippen LogP contribution in [0.2, 0.25) is 10.0 Å². The first kappa shape index (κ1) is 20.5. The fourth-order valence-electron chi connectivity index (χ4n) is 2.48. The van der Waals surface area contributed by atoms with Crippen molar-refractivity contribution >= 4 is 51.2 Å². The van der Waals surface area contributed by atoms with Gasteiger partial charge in [-0.1, -0.05) is 45.2 Å². The molecule has 0 N–H and O–H groups in total. The number of furan rings is 1. The average Bonchev–Trinajstić information content (AvgIpc) is 3.15. The van der Waals surface area contributed by atoms with Crippen molar-refractivity contribution in [2.24, 2.45) is 0 Å². The molecule has 4 nitrogen and oxygen atoms in total. The van der Waals surface area contributed by atoms with Crippen LogP contribution >= 0.6 is 39.1 Å². The van der Waals surface area contributed by atoms with Gasteiger partial charge >= 0.3 is 5.97 Å². The molecule has 1 heterocycles. The van der Waals surface area contributed by atoms with Gasteiger partial charge in [-0.25, -0.2) is 4.79 Å². The van der Waals surface area contributed by atoms with E-state index in [4.69, 9.17) is 37.1 Å². The van der Waals surface area contributed by atoms with E-state index in [0.29, 0.717) is 32.9 Å². The summed E-state index contributed by atoms with van der Waals surface area (Å²) < 4.78 is 17.1. The van der Waals surface area contributed by atoms with E-state index in [9.17, 15) is 4.79 Å². The van der Waals surface area contributed by atoms with Crippen molar-refractivity contribution in [1.82, 2.24) is 0 Å². The Morgan fingerprint density at radius 2 is 2.00 bits per heavy atom. The zero-order chi connectivity index (χ0) is 20.1. The van der Waals surface area contributed by atoms with E-state index in [1.54, 1.807) is 49.6 Å². The maximum Gasteiger partial charge on any atom is 0.331 e. The van der Waals surface area contributed by atoms with E-state index in [0.717, 1.165) is 10.0 Å². The van der Waals surface area contributed by atoms with Crippen molar-refractivity contribution in [2.45, 2.75) is 6.61 Å². The number of benzene rings is 2. The summed E-state index contributed by atoms with van der Waals surface area (Å²) >= 11 is 15.6. The SMILES string of the molecule is COc1ccc(Br)cc1C=CC(=O)OCc1ccc(-c2cccc(Cl)c2Cl)o1. The largest absolute Gasteiger partial charge is 0.496 e. The van der Waals surface area contributed by atoms with E-state index >= 15 is 0 Å². The van der Waals surface area contributed by atoms with E-state index in [1.807, 2.05) is 12.1 Å². The van der Waals surface area contributed by atoms with E-state index in [1.165, 1.54) is 6.08 Å². The lowest BCUT2D eigenvalue weighted by atomic mass is 10.2. The maximum absolute atomic E-state index is 12.0. The number of esters is 1. The molecule has 0 atom stereocenters. The van der Waals surface area contributed by atoms with Crippen LogP contribution in [-0.4, -0.2) is 13.1 Å². The van der Waals surface area contributed by atoms with Crippen LogP contribution in [0.15, 0.2) is 63.5 Å². The van der Waals surface area contributed by atoms with Crippen molar-refractivity contribution in [3.05, 3.63) is 80.4 Å². The molecule has 0 saturated carbocycles. The summed E-state index contributed by atoms with van der Waals surface area (Å²) in [5.41, 5.74) is 1.43. The van der Waals surface area contributed by atoms with Crippen LogP contribution in [0.3, 0.4) is 0 Å². The third-order valence-electron chi connectivity index (χ3n) is 3.83. The Morgan fingerprint density at radius 3 is 2.79 bits per heavy atom. The number of methoxy groups -OCH3 is 1. The van der Waals surface area contributed by atoms with Crippen LogP contribution in [0, 0.1) is 0 Å². The number of hydrogen-bond acceptors (Lipinski definition) is 4. The Balaban J connectivity index is 1.64. The molecule has 0 aliphatic carbocycles. The van der Waals surface area contributed by atoms with Crippen molar-refractivity contribution in [3.8, 4) is 17.1 Å². The van der Waals surface area contributed by atoms with E-state index < -0.39 is 5.97 Å². The van der Waals surface area contributed by atoms with Crippen LogP contribution in [0.5, 0.6) is 5.75 Å². The van der Waals surface area contributed by atoms with Gasteiger partial charge in [0.2, 0.25) is 0 Å². The summed E-state index contributed by atoms with van der Waals surface area (Å²) in [5, 5.41) is 0.852. The zero-order valence-corrected chi connectivity index (χ0v) is 17.8. The smallest absolute Gasteiger partial charge is 0.331 e. The van der Waals surface area contributed by atoms with Gasteiger partial charge < -0.3 is 13.9 Å². The third kappa shape index (κ3) is 4.98.